The third-order valence-corrected chi connectivity index (χ3v) is 2.65. The number of nitrogens with two attached hydrogens (primary N) is 2. The Hall–Kier alpha value is -1.32. The van der Waals surface area contributed by atoms with Gasteiger partial charge in [-0.05, 0) is 25.0 Å². The molecule has 0 radical (unpaired) electrons. The molecular formula is C12H17N3. The van der Waals surface area contributed by atoms with E-state index in [9.17, 15) is 0 Å². The lowest BCUT2D eigenvalue weighted by atomic mass is 10.0. The Labute approximate surface area is 89.5 Å². The molecule has 0 fully saturated rings. The minimum absolute atomic E-state index is 0.0150. The molecule has 0 aliphatic carbocycles. The van der Waals surface area contributed by atoms with Gasteiger partial charge < -0.3 is 16.5 Å². The van der Waals surface area contributed by atoms with E-state index in [0.29, 0.717) is 0 Å². The number of H-pyrrole nitrogens is 1. The number of benzene rings is 1. The van der Waals surface area contributed by atoms with E-state index in [1.807, 2.05) is 25.3 Å². The van der Waals surface area contributed by atoms with Crippen LogP contribution in [0.4, 0.5) is 0 Å². The molecule has 1 aromatic carbocycles. The average Bonchev–Trinajstić information content (AvgIpc) is 2.59. The Morgan fingerprint density at radius 3 is 2.73 bits per heavy atom. The summed E-state index contributed by atoms with van der Waals surface area (Å²) in [5.41, 5.74) is 14.1. The lowest BCUT2D eigenvalue weighted by Crippen LogP contribution is -2.22. The number of aromatic amines is 1. The molecular weight excluding hydrogens is 186 g/mol. The summed E-state index contributed by atoms with van der Waals surface area (Å²) in [6.07, 6.45) is 2.79. The van der Waals surface area contributed by atoms with Gasteiger partial charge in [0.2, 0.25) is 0 Å². The van der Waals surface area contributed by atoms with Gasteiger partial charge in [-0.2, -0.15) is 0 Å². The highest BCUT2D eigenvalue weighted by Gasteiger charge is 2.12. The van der Waals surface area contributed by atoms with E-state index in [0.717, 1.165) is 17.5 Å². The van der Waals surface area contributed by atoms with E-state index in [-0.39, 0.29) is 12.1 Å². The fourth-order valence-corrected chi connectivity index (χ4v) is 1.93. The third-order valence-electron chi connectivity index (χ3n) is 2.65. The van der Waals surface area contributed by atoms with Gasteiger partial charge in [-0.25, -0.2) is 0 Å². The Morgan fingerprint density at radius 1 is 1.27 bits per heavy atom. The minimum atomic E-state index is 0.0150. The Balaban J connectivity index is 2.35. The van der Waals surface area contributed by atoms with Crippen molar-refractivity contribution in [2.45, 2.75) is 25.4 Å². The van der Waals surface area contributed by atoms with Crippen molar-refractivity contribution in [3.63, 3.8) is 0 Å². The highest BCUT2D eigenvalue weighted by Crippen LogP contribution is 2.24. The van der Waals surface area contributed by atoms with Crippen molar-refractivity contribution in [3.8, 4) is 0 Å². The smallest absolute Gasteiger partial charge is 0.0457 e. The summed E-state index contributed by atoms with van der Waals surface area (Å²) in [6, 6.07) is 8.33. The molecule has 3 heteroatoms. The first-order valence-electron chi connectivity index (χ1n) is 5.25. The van der Waals surface area contributed by atoms with Crippen LogP contribution in [-0.4, -0.2) is 11.0 Å². The molecule has 5 N–H and O–H groups in total. The molecule has 80 valence electrons. The molecule has 0 spiro atoms. The van der Waals surface area contributed by atoms with Gasteiger partial charge in [0, 0.05) is 29.2 Å². The predicted octanol–water partition coefficient (Wildman–Crippen LogP) is 1.90. The maximum Gasteiger partial charge on any atom is 0.0457 e. The molecule has 2 rings (SSSR count). The highest BCUT2D eigenvalue weighted by molar-refractivity contribution is 5.83. The second-order valence-electron chi connectivity index (χ2n) is 4.11. The lowest BCUT2D eigenvalue weighted by Gasteiger charge is -2.13. The normalized spacial score (nSPS) is 15.4. The van der Waals surface area contributed by atoms with Crippen LogP contribution in [0.15, 0.2) is 30.5 Å². The Kier molecular flexibility index (Phi) is 2.75. The van der Waals surface area contributed by atoms with Gasteiger partial charge in [0.15, 0.2) is 0 Å². The van der Waals surface area contributed by atoms with Crippen LogP contribution in [0.2, 0.25) is 0 Å². The molecule has 0 saturated carbocycles. The SMILES string of the molecule is CC(N)CC(N)c1c[nH]c2ccccc12. The average molecular weight is 203 g/mol. The Morgan fingerprint density at radius 2 is 2.00 bits per heavy atom. The zero-order valence-electron chi connectivity index (χ0n) is 8.90. The third kappa shape index (κ3) is 2.03. The first-order valence-corrected chi connectivity index (χ1v) is 5.25. The van der Waals surface area contributed by atoms with Gasteiger partial charge in [0.1, 0.15) is 0 Å². The topological polar surface area (TPSA) is 67.8 Å². The minimum Gasteiger partial charge on any atom is -0.361 e. The highest BCUT2D eigenvalue weighted by atomic mass is 14.7. The summed E-state index contributed by atoms with van der Waals surface area (Å²) in [4.78, 5) is 3.22. The van der Waals surface area contributed by atoms with E-state index < -0.39 is 0 Å². The molecule has 2 unspecified atom stereocenters. The summed E-state index contributed by atoms with van der Waals surface area (Å²) < 4.78 is 0. The first kappa shape index (κ1) is 10.2. The summed E-state index contributed by atoms with van der Waals surface area (Å²) in [6.45, 7) is 1.98. The van der Waals surface area contributed by atoms with Crippen molar-refractivity contribution in [2.24, 2.45) is 11.5 Å². The maximum atomic E-state index is 6.11. The van der Waals surface area contributed by atoms with E-state index in [4.69, 9.17) is 11.5 Å². The fourth-order valence-electron chi connectivity index (χ4n) is 1.93. The van der Waals surface area contributed by atoms with Crippen molar-refractivity contribution >= 4 is 10.9 Å². The monoisotopic (exact) mass is 203 g/mol. The van der Waals surface area contributed by atoms with Crippen LogP contribution >= 0.6 is 0 Å². The van der Waals surface area contributed by atoms with Gasteiger partial charge in [-0.15, -0.1) is 0 Å². The summed E-state index contributed by atoms with van der Waals surface area (Å²) >= 11 is 0. The molecule has 2 aromatic rings. The molecule has 0 amide bonds. The van der Waals surface area contributed by atoms with Gasteiger partial charge in [-0.3, -0.25) is 0 Å². The van der Waals surface area contributed by atoms with Gasteiger partial charge >= 0.3 is 0 Å². The van der Waals surface area contributed by atoms with Crippen LogP contribution in [0.25, 0.3) is 10.9 Å². The summed E-state index contributed by atoms with van der Waals surface area (Å²) in [5, 5.41) is 1.20. The number of nitrogens with one attached hydrogen (secondary N) is 1. The molecule has 0 bridgehead atoms. The van der Waals surface area contributed by atoms with Gasteiger partial charge in [0.05, 0.1) is 0 Å². The fraction of sp³-hybridized carbons (Fsp3) is 0.333. The Bertz CT molecular complexity index is 445. The second-order valence-corrected chi connectivity index (χ2v) is 4.11. The van der Waals surface area contributed by atoms with Crippen molar-refractivity contribution in [2.75, 3.05) is 0 Å². The largest absolute Gasteiger partial charge is 0.361 e. The molecule has 0 aliphatic rings. The molecule has 15 heavy (non-hydrogen) atoms. The number of rotatable bonds is 3. The maximum absolute atomic E-state index is 6.11. The van der Waals surface area contributed by atoms with Crippen LogP contribution in [0.1, 0.15) is 24.9 Å². The molecule has 2 atom stereocenters. The van der Waals surface area contributed by atoms with Crippen LogP contribution in [0.5, 0.6) is 0 Å². The molecule has 3 nitrogen and oxygen atoms in total. The standard InChI is InChI=1S/C12H17N3/c1-8(13)6-11(14)10-7-15-12-5-3-2-4-9(10)12/h2-5,7-8,11,15H,6,13-14H2,1H3. The van der Waals surface area contributed by atoms with Gasteiger partial charge in [0.25, 0.3) is 0 Å². The van der Waals surface area contributed by atoms with E-state index in [1.54, 1.807) is 0 Å². The van der Waals surface area contributed by atoms with E-state index in [1.165, 1.54) is 5.39 Å². The van der Waals surface area contributed by atoms with Crippen LogP contribution in [-0.2, 0) is 0 Å². The molecule has 1 heterocycles. The van der Waals surface area contributed by atoms with Crippen molar-refractivity contribution < 1.29 is 0 Å². The quantitative estimate of drug-likeness (QED) is 0.713. The summed E-state index contributed by atoms with van der Waals surface area (Å²) in [5.74, 6) is 0. The summed E-state index contributed by atoms with van der Waals surface area (Å²) in [7, 11) is 0. The lowest BCUT2D eigenvalue weighted by molar-refractivity contribution is 0.571. The van der Waals surface area contributed by atoms with Crippen LogP contribution in [0.3, 0.4) is 0 Å². The molecule has 0 aliphatic heterocycles. The first-order chi connectivity index (χ1) is 7.18. The number of fused-ring (bicyclic) bond motifs is 1. The van der Waals surface area contributed by atoms with Crippen LogP contribution in [0, 0.1) is 0 Å². The predicted molar refractivity (Wildman–Crippen MR) is 63.5 cm³/mol. The number of hydrogen-bond acceptors (Lipinski definition) is 2. The van der Waals surface area contributed by atoms with E-state index in [2.05, 4.69) is 17.1 Å². The van der Waals surface area contributed by atoms with Crippen molar-refractivity contribution in [1.29, 1.82) is 0 Å². The number of para-hydroxylation sites is 1. The van der Waals surface area contributed by atoms with E-state index >= 15 is 0 Å². The van der Waals surface area contributed by atoms with Crippen molar-refractivity contribution in [3.05, 3.63) is 36.0 Å². The van der Waals surface area contributed by atoms with Crippen LogP contribution < -0.4 is 11.5 Å². The number of aromatic nitrogens is 1. The van der Waals surface area contributed by atoms with Crippen molar-refractivity contribution in [1.82, 2.24) is 4.98 Å². The zero-order valence-corrected chi connectivity index (χ0v) is 8.90. The zero-order chi connectivity index (χ0) is 10.8. The second kappa shape index (κ2) is 4.04. The molecule has 0 saturated heterocycles. The van der Waals surface area contributed by atoms with Gasteiger partial charge in [-0.1, -0.05) is 18.2 Å². The number of hydrogen-bond donors (Lipinski definition) is 3. The molecule has 1 aromatic heterocycles.